The van der Waals surface area contributed by atoms with Crippen LogP contribution < -0.4 is 0 Å². The molecule has 3 heteroatoms. The van der Waals surface area contributed by atoms with E-state index in [1.165, 1.54) is 5.56 Å². The summed E-state index contributed by atoms with van der Waals surface area (Å²) in [5.41, 5.74) is 1.72. The van der Waals surface area contributed by atoms with Crippen molar-refractivity contribution in [1.29, 1.82) is 0 Å². The lowest BCUT2D eigenvalue weighted by Crippen LogP contribution is -2.42. The van der Waals surface area contributed by atoms with E-state index >= 15 is 0 Å². The molecule has 0 unspecified atom stereocenters. The van der Waals surface area contributed by atoms with Crippen molar-refractivity contribution in [3.8, 4) is 0 Å². The maximum absolute atomic E-state index is 11.0. The van der Waals surface area contributed by atoms with Gasteiger partial charge in [0.2, 0.25) is 0 Å². The molecule has 0 atom stereocenters. The van der Waals surface area contributed by atoms with Crippen LogP contribution in [-0.2, 0) is 20.5 Å². The zero-order chi connectivity index (χ0) is 15.1. The van der Waals surface area contributed by atoms with E-state index in [0.29, 0.717) is 26.1 Å². The number of ether oxygens (including phenoxy) is 2. The molecule has 1 aromatic rings. The molecule has 2 fully saturated rings. The van der Waals surface area contributed by atoms with E-state index in [-0.39, 0.29) is 5.41 Å². The highest BCUT2D eigenvalue weighted by Gasteiger charge is 2.46. The van der Waals surface area contributed by atoms with Gasteiger partial charge in [-0.05, 0) is 29.4 Å². The minimum atomic E-state index is -0.739. The Bertz CT molecular complexity index is 482. The van der Waals surface area contributed by atoms with Gasteiger partial charge in [-0.15, -0.1) is 0 Å². The van der Waals surface area contributed by atoms with Crippen LogP contribution in [0, 0.1) is 0 Å². The predicted molar refractivity (Wildman–Crippen MR) is 82.1 cm³/mol. The summed E-state index contributed by atoms with van der Waals surface area (Å²) in [7, 11) is 0. The second kappa shape index (κ2) is 5.08. The highest BCUT2D eigenvalue weighted by atomic mass is 16.7. The van der Waals surface area contributed by atoms with Crippen molar-refractivity contribution in [3.05, 3.63) is 35.4 Å². The summed E-state index contributed by atoms with van der Waals surface area (Å²) in [6, 6.07) is 8.43. The van der Waals surface area contributed by atoms with Crippen molar-refractivity contribution in [2.24, 2.45) is 0 Å². The number of hydrogen-bond acceptors (Lipinski definition) is 3. The normalized spacial score (nSPS) is 24.4. The van der Waals surface area contributed by atoms with Gasteiger partial charge in [0.15, 0.2) is 5.79 Å². The third kappa shape index (κ3) is 2.87. The first-order valence-electron chi connectivity index (χ1n) is 7.94. The molecule has 1 saturated carbocycles. The minimum Gasteiger partial charge on any atom is -0.385 e. The van der Waals surface area contributed by atoms with Gasteiger partial charge < -0.3 is 14.6 Å². The molecule has 0 aromatic heterocycles. The molecule has 1 spiro atoms. The summed E-state index contributed by atoms with van der Waals surface area (Å²) in [6.45, 7) is 7.97. The predicted octanol–water partition coefficient (Wildman–Crippen LogP) is 3.49. The van der Waals surface area contributed by atoms with Crippen LogP contribution in [0.4, 0.5) is 0 Å². The van der Waals surface area contributed by atoms with Crippen LogP contribution in [0.25, 0.3) is 0 Å². The summed E-state index contributed by atoms with van der Waals surface area (Å²) < 4.78 is 11.5. The average molecular weight is 290 g/mol. The van der Waals surface area contributed by atoms with E-state index in [1.807, 2.05) is 0 Å². The standard InChI is InChI=1S/C18H26O3/c1-16(2,3)14-4-6-15(7-5-14)17(19)8-10-18(11-9-17)20-12-13-21-18/h4-7,19H,8-13H2,1-3H3. The third-order valence-electron chi connectivity index (χ3n) is 4.94. The highest BCUT2D eigenvalue weighted by Crippen LogP contribution is 2.45. The van der Waals surface area contributed by atoms with Crippen molar-refractivity contribution < 1.29 is 14.6 Å². The Morgan fingerprint density at radius 3 is 1.90 bits per heavy atom. The second-order valence-electron chi connectivity index (χ2n) is 7.47. The van der Waals surface area contributed by atoms with Gasteiger partial charge in [-0.3, -0.25) is 0 Å². The molecule has 1 aliphatic carbocycles. The quantitative estimate of drug-likeness (QED) is 0.860. The molecule has 1 heterocycles. The average Bonchev–Trinajstić information content (AvgIpc) is 2.91. The van der Waals surface area contributed by atoms with Crippen LogP contribution in [0.2, 0.25) is 0 Å². The highest BCUT2D eigenvalue weighted by molar-refractivity contribution is 5.31. The first-order chi connectivity index (χ1) is 9.83. The maximum Gasteiger partial charge on any atom is 0.168 e. The second-order valence-corrected chi connectivity index (χ2v) is 7.47. The lowest BCUT2D eigenvalue weighted by Gasteiger charge is -2.41. The first kappa shape index (κ1) is 15.0. The topological polar surface area (TPSA) is 38.7 Å². The largest absolute Gasteiger partial charge is 0.385 e. The van der Waals surface area contributed by atoms with Crippen LogP contribution in [0.3, 0.4) is 0 Å². The van der Waals surface area contributed by atoms with Gasteiger partial charge >= 0.3 is 0 Å². The number of aliphatic hydroxyl groups is 1. The minimum absolute atomic E-state index is 0.142. The van der Waals surface area contributed by atoms with E-state index in [2.05, 4.69) is 45.0 Å². The van der Waals surface area contributed by atoms with Crippen LogP contribution in [0.1, 0.15) is 57.6 Å². The molecule has 0 bridgehead atoms. The molecule has 116 valence electrons. The van der Waals surface area contributed by atoms with Crippen molar-refractivity contribution in [2.75, 3.05) is 13.2 Å². The van der Waals surface area contributed by atoms with Gasteiger partial charge in [0.1, 0.15) is 0 Å². The molecule has 1 aliphatic heterocycles. The van der Waals surface area contributed by atoms with Gasteiger partial charge in [0.25, 0.3) is 0 Å². The molecule has 3 nitrogen and oxygen atoms in total. The van der Waals surface area contributed by atoms with Gasteiger partial charge in [-0.2, -0.15) is 0 Å². The molecule has 21 heavy (non-hydrogen) atoms. The first-order valence-corrected chi connectivity index (χ1v) is 7.94. The lowest BCUT2D eigenvalue weighted by atomic mass is 9.76. The Hall–Kier alpha value is -0.900. The lowest BCUT2D eigenvalue weighted by molar-refractivity contribution is -0.204. The van der Waals surface area contributed by atoms with Crippen LogP contribution in [-0.4, -0.2) is 24.1 Å². The summed E-state index contributed by atoms with van der Waals surface area (Å²) in [6.07, 6.45) is 2.93. The van der Waals surface area contributed by atoms with E-state index < -0.39 is 11.4 Å². The summed E-state index contributed by atoms with van der Waals surface area (Å²) in [4.78, 5) is 0. The monoisotopic (exact) mass is 290 g/mol. The van der Waals surface area contributed by atoms with E-state index in [9.17, 15) is 5.11 Å². The van der Waals surface area contributed by atoms with Crippen LogP contribution in [0.5, 0.6) is 0 Å². The molecule has 1 N–H and O–H groups in total. The molecular weight excluding hydrogens is 264 g/mol. The molecule has 0 radical (unpaired) electrons. The Morgan fingerprint density at radius 2 is 1.43 bits per heavy atom. The van der Waals surface area contributed by atoms with Crippen LogP contribution in [0.15, 0.2) is 24.3 Å². The van der Waals surface area contributed by atoms with Gasteiger partial charge in [-0.1, -0.05) is 45.0 Å². The van der Waals surface area contributed by atoms with E-state index in [1.54, 1.807) is 0 Å². The molecular formula is C18H26O3. The third-order valence-corrected chi connectivity index (χ3v) is 4.94. The van der Waals surface area contributed by atoms with Gasteiger partial charge in [0.05, 0.1) is 18.8 Å². The SMILES string of the molecule is CC(C)(C)c1ccc(C2(O)CCC3(CC2)OCCO3)cc1. The number of benzene rings is 1. The molecule has 3 rings (SSSR count). The Morgan fingerprint density at radius 1 is 0.905 bits per heavy atom. The van der Waals surface area contributed by atoms with Crippen molar-refractivity contribution in [3.63, 3.8) is 0 Å². The fourth-order valence-electron chi connectivity index (χ4n) is 3.40. The number of rotatable bonds is 1. The zero-order valence-corrected chi connectivity index (χ0v) is 13.3. The van der Waals surface area contributed by atoms with Crippen molar-refractivity contribution in [2.45, 2.75) is 63.3 Å². The summed E-state index contributed by atoms with van der Waals surface area (Å²) >= 11 is 0. The van der Waals surface area contributed by atoms with E-state index in [4.69, 9.17) is 9.47 Å². The van der Waals surface area contributed by atoms with Crippen LogP contribution >= 0.6 is 0 Å². The van der Waals surface area contributed by atoms with Gasteiger partial charge in [0, 0.05) is 12.8 Å². The Balaban J connectivity index is 1.74. The molecule has 1 aromatic carbocycles. The Labute approximate surface area is 127 Å². The summed E-state index contributed by atoms with van der Waals surface area (Å²) in [5.74, 6) is -0.419. The van der Waals surface area contributed by atoms with Gasteiger partial charge in [-0.25, -0.2) is 0 Å². The van der Waals surface area contributed by atoms with E-state index in [0.717, 1.165) is 18.4 Å². The zero-order valence-electron chi connectivity index (χ0n) is 13.3. The van der Waals surface area contributed by atoms with Crippen molar-refractivity contribution in [1.82, 2.24) is 0 Å². The van der Waals surface area contributed by atoms with Crippen molar-refractivity contribution >= 4 is 0 Å². The fourth-order valence-corrected chi connectivity index (χ4v) is 3.40. The maximum atomic E-state index is 11.0. The fraction of sp³-hybridized carbons (Fsp3) is 0.667. The molecule has 0 amide bonds. The smallest absolute Gasteiger partial charge is 0.168 e. The summed E-state index contributed by atoms with van der Waals surface area (Å²) in [5, 5.41) is 11.0. The molecule has 1 saturated heterocycles. The Kier molecular flexibility index (Phi) is 3.63. The molecule has 2 aliphatic rings. The number of hydrogen-bond donors (Lipinski definition) is 1.